The van der Waals surface area contributed by atoms with Crippen molar-refractivity contribution < 1.29 is 43.3 Å². The highest BCUT2D eigenvalue weighted by Gasteiger charge is 2.31. The number of aliphatic carboxylic acids is 1. The number of carbonyl (C=O) groups is 5. The van der Waals surface area contributed by atoms with Crippen molar-refractivity contribution in [3.05, 3.63) is 59.7 Å². The fourth-order valence-electron chi connectivity index (χ4n) is 3.58. The second-order valence-corrected chi connectivity index (χ2v) is 9.96. The molecule has 0 saturated heterocycles. The van der Waals surface area contributed by atoms with E-state index in [0.717, 1.165) is 5.56 Å². The molecule has 1 unspecified atom stereocenters. The van der Waals surface area contributed by atoms with Crippen LogP contribution in [0.15, 0.2) is 53.5 Å². The molecule has 0 fully saturated rings. The van der Waals surface area contributed by atoms with E-state index in [4.69, 9.17) is 19.9 Å². The van der Waals surface area contributed by atoms with Gasteiger partial charge in [-0.2, -0.15) is 0 Å². The highest BCUT2D eigenvalue weighted by molar-refractivity contribution is 6.04. The molecule has 1 aliphatic rings. The Labute approximate surface area is 235 Å². The van der Waals surface area contributed by atoms with Gasteiger partial charge >= 0.3 is 18.2 Å². The monoisotopic (exact) mass is 569 g/mol. The number of aliphatic imine (C=N–C) groups is 1. The Morgan fingerprint density at radius 1 is 1.12 bits per heavy atom. The minimum Gasteiger partial charge on any atom is -0.480 e. The number of ether oxygens (including phenoxy) is 3. The number of nitrogens with zero attached hydrogens (tertiary/aromatic N) is 1. The number of carbonyl (C=O) groups excluding carboxylic acids is 4. The van der Waals surface area contributed by atoms with Crippen LogP contribution >= 0.6 is 0 Å². The molecule has 1 heterocycles. The SMILES string of the molecule is CC(C)(C)OC(=O)N[C@@H](Cc1ccc2c(c1)NC(=O)C(CC(=O)NC(N)=NC(=O)OCc1ccccc1)O2)C(=O)O. The van der Waals surface area contributed by atoms with Gasteiger partial charge in [0.25, 0.3) is 5.91 Å². The largest absolute Gasteiger partial charge is 0.480 e. The third kappa shape index (κ3) is 9.84. The fourth-order valence-corrected chi connectivity index (χ4v) is 3.58. The molecule has 14 nitrogen and oxygen atoms in total. The normalized spacial score (nSPS) is 15.3. The van der Waals surface area contributed by atoms with E-state index in [0.29, 0.717) is 5.56 Å². The van der Waals surface area contributed by atoms with Crippen LogP contribution in [0.4, 0.5) is 15.3 Å². The van der Waals surface area contributed by atoms with Gasteiger partial charge in [0, 0.05) is 6.42 Å². The van der Waals surface area contributed by atoms with Crippen molar-refractivity contribution >= 4 is 41.6 Å². The van der Waals surface area contributed by atoms with Crippen LogP contribution in [-0.4, -0.2) is 58.8 Å². The molecule has 0 saturated carbocycles. The Hall–Kier alpha value is -5.14. The summed E-state index contributed by atoms with van der Waals surface area (Å²) in [6.45, 7) is 4.92. The van der Waals surface area contributed by atoms with E-state index in [1.54, 1.807) is 51.1 Å². The first-order valence-corrected chi connectivity index (χ1v) is 12.5. The Morgan fingerprint density at radius 3 is 2.49 bits per heavy atom. The van der Waals surface area contributed by atoms with Crippen LogP contribution in [0.25, 0.3) is 0 Å². The zero-order valence-corrected chi connectivity index (χ0v) is 22.6. The number of nitrogens with two attached hydrogens (primary N) is 1. The quantitative estimate of drug-likeness (QED) is 0.231. The van der Waals surface area contributed by atoms with Gasteiger partial charge in [-0.25, -0.2) is 14.4 Å². The second-order valence-electron chi connectivity index (χ2n) is 9.96. The number of alkyl carbamates (subject to hydrolysis) is 1. The van der Waals surface area contributed by atoms with Gasteiger partial charge in [-0.1, -0.05) is 36.4 Å². The Morgan fingerprint density at radius 2 is 1.83 bits per heavy atom. The molecule has 3 rings (SSSR count). The predicted molar refractivity (Wildman–Crippen MR) is 145 cm³/mol. The Kier molecular flexibility index (Phi) is 9.85. The van der Waals surface area contributed by atoms with Crippen molar-refractivity contribution in [1.82, 2.24) is 10.6 Å². The smallest absolute Gasteiger partial charge is 0.437 e. The molecular weight excluding hydrogens is 538 g/mol. The van der Waals surface area contributed by atoms with E-state index < -0.39 is 60.1 Å². The summed E-state index contributed by atoms with van der Waals surface area (Å²) < 4.78 is 15.7. The lowest BCUT2D eigenvalue weighted by Gasteiger charge is -2.26. The van der Waals surface area contributed by atoms with Crippen molar-refractivity contribution in [2.24, 2.45) is 10.7 Å². The number of hydrogen-bond acceptors (Lipinski definition) is 8. The van der Waals surface area contributed by atoms with Gasteiger partial charge in [-0.3, -0.25) is 14.9 Å². The third-order valence-electron chi connectivity index (χ3n) is 5.35. The average Bonchev–Trinajstić information content (AvgIpc) is 2.87. The van der Waals surface area contributed by atoms with Gasteiger partial charge in [0.1, 0.15) is 24.0 Å². The topological polar surface area (TPSA) is 208 Å². The minimum atomic E-state index is -1.29. The molecule has 0 radical (unpaired) electrons. The highest BCUT2D eigenvalue weighted by Crippen LogP contribution is 2.31. The number of hydrogen-bond donors (Lipinski definition) is 5. The van der Waals surface area contributed by atoms with E-state index >= 15 is 0 Å². The number of carboxylic acid groups (broad SMARTS) is 1. The van der Waals surface area contributed by atoms with Crippen molar-refractivity contribution in [1.29, 1.82) is 0 Å². The van der Waals surface area contributed by atoms with Gasteiger partial charge in [0.15, 0.2) is 6.10 Å². The Balaban J connectivity index is 1.54. The summed E-state index contributed by atoms with van der Waals surface area (Å²) in [7, 11) is 0. The minimum absolute atomic E-state index is 0.0289. The van der Waals surface area contributed by atoms with Crippen molar-refractivity contribution in [3.8, 4) is 5.75 Å². The summed E-state index contributed by atoms with van der Waals surface area (Å²) in [5, 5.41) is 16.6. The van der Waals surface area contributed by atoms with E-state index in [1.165, 1.54) is 12.1 Å². The lowest BCUT2D eigenvalue weighted by atomic mass is 10.0. The standard InChI is InChI=1S/C27H31N5O9/c1-27(2,3)41-26(38)30-18(23(35)36)12-16-9-10-19-17(11-16)29-22(34)20(40-19)13-21(33)31-24(28)32-25(37)39-14-15-7-5-4-6-8-15/h4-11,18,20H,12-14H2,1-3H3,(H,29,34)(H,30,38)(H,35,36)(H3,28,31,32,33,37)/t18-,20?/m0/s1. The zero-order valence-electron chi connectivity index (χ0n) is 22.6. The van der Waals surface area contributed by atoms with Gasteiger partial charge < -0.3 is 35.7 Å². The summed E-state index contributed by atoms with van der Waals surface area (Å²) >= 11 is 0. The van der Waals surface area contributed by atoms with Crippen LogP contribution in [0, 0.1) is 0 Å². The van der Waals surface area contributed by atoms with Gasteiger partial charge in [0.2, 0.25) is 11.9 Å². The van der Waals surface area contributed by atoms with Crippen molar-refractivity contribution in [3.63, 3.8) is 0 Å². The summed E-state index contributed by atoms with van der Waals surface area (Å²) in [5.74, 6) is -2.91. The maximum Gasteiger partial charge on any atom is 0.437 e. The van der Waals surface area contributed by atoms with Gasteiger partial charge in [0.05, 0.1) is 12.1 Å². The molecule has 0 bridgehead atoms. The summed E-state index contributed by atoms with van der Waals surface area (Å²) in [6, 6.07) is 12.2. The highest BCUT2D eigenvalue weighted by atomic mass is 16.6. The first-order valence-electron chi connectivity index (χ1n) is 12.5. The summed E-state index contributed by atoms with van der Waals surface area (Å²) in [6.07, 6.45) is -3.64. The Bertz CT molecular complexity index is 1340. The van der Waals surface area contributed by atoms with Gasteiger partial charge in [-0.15, -0.1) is 4.99 Å². The van der Waals surface area contributed by atoms with Crippen molar-refractivity contribution in [2.75, 3.05) is 5.32 Å². The molecule has 218 valence electrons. The molecule has 14 heteroatoms. The molecule has 2 atom stereocenters. The fraction of sp³-hybridized carbons (Fsp3) is 0.333. The molecule has 2 aromatic rings. The molecule has 0 aromatic heterocycles. The van der Waals surface area contributed by atoms with Gasteiger partial charge in [-0.05, 0) is 44.0 Å². The lowest BCUT2D eigenvalue weighted by molar-refractivity contribution is -0.139. The second kappa shape index (κ2) is 13.3. The van der Waals surface area contributed by atoms with E-state index in [1.807, 2.05) is 6.07 Å². The summed E-state index contributed by atoms with van der Waals surface area (Å²) in [4.78, 5) is 63.9. The molecule has 1 aliphatic heterocycles. The number of guanidine groups is 1. The maximum atomic E-state index is 12.6. The van der Waals surface area contributed by atoms with Crippen LogP contribution < -0.4 is 26.4 Å². The van der Waals surface area contributed by atoms with Crippen LogP contribution in [0.3, 0.4) is 0 Å². The number of nitrogens with one attached hydrogen (secondary N) is 3. The molecule has 0 aliphatic carbocycles. The lowest BCUT2D eigenvalue weighted by Crippen LogP contribution is -2.45. The summed E-state index contributed by atoms with van der Waals surface area (Å²) in [5.41, 5.74) is 6.27. The van der Waals surface area contributed by atoms with Crippen LogP contribution in [0.2, 0.25) is 0 Å². The van der Waals surface area contributed by atoms with E-state index in [2.05, 4.69) is 20.9 Å². The first-order chi connectivity index (χ1) is 19.3. The van der Waals surface area contributed by atoms with Crippen LogP contribution in [-0.2, 0) is 36.9 Å². The van der Waals surface area contributed by atoms with Crippen LogP contribution in [0.1, 0.15) is 38.3 Å². The molecule has 0 spiro atoms. The number of fused-ring (bicyclic) bond motifs is 1. The number of anilines is 1. The van der Waals surface area contributed by atoms with Crippen LogP contribution in [0.5, 0.6) is 5.75 Å². The number of amides is 4. The maximum absolute atomic E-state index is 12.6. The molecule has 41 heavy (non-hydrogen) atoms. The molecule has 6 N–H and O–H groups in total. The molecule has 2 aromatic carbocycles. The third-order valence-corrected chi connectivity index (χ3v) is 5.35. The van der Waals surface area contributed by atoms with E-state index in [9.17, 15) is 29.1 Å². The zero-order chi connectivity index (χ0) is 30.2. The first kappa shape index (κ1) is 30.4. The van der Waals surface area contributed by atoms with E-state index in [-0.39, 0.29) is 24.5 Å². The number of rotatable bonds is 8. The number of benzene rings is 2. The average molecular weight is 570 g/mol. The molecule has 4 amide bonds. The van der Waals surface area contributed by atoms with Crippen molar-refractivity contribution in [2.45, 2.75) is 58.0 Å². The molecular formula is C27H31N5O9. The predicted octanol–water partition coefficient (Wildman–Crippen LogP) is 2.06. The number of carboxylic acids is 1.